The van der Waals surface area contributed by atoms with Gasteiger partial charge in [0.2, 0.25) is 5.91 Å². The minimum absolute atomic E-state index is 0.0419. The number of aryl methyl sites for hydroxylation is 2. The molecule has 1 N–H and O–H groups in total. The van der Waals surface area contributed by atoms with E-state index in [1.54, 1.807) is 13.1 Å². The molecule has 7 heteroatoms. The summed E-state index contributed by atoms with van der Waals surface area (Å²) >= 11 is 0. The summed E-state index contributed by atoms with van der Waals surface area (Å²) in [6.45, 7) is 7.44. The summed E-state index contributed by atoms with van der Waals surface area (Å²) in [7, 11) is 0. The number of nitrogens with zero attached hydrogens (tertiary/aromatic N) is 3. The second-order valence-electron chi connectivity index (χ2n) is 9.92. The fourth-order valence-corrected chi connectivity index (χ4v) is 5.75. The average Bonchev–Trinajstić information content (AvgIpc) is 3.17. The van der Waals surface area contributed by atoms with Gasteiger partial charge in [0.25, 0.3) is 0 Å². The molecule has 168 valence electrons. The zero-order valence-corrected chi connectivity index (χ0v) is 18.7. The maximum atomic E-state index is 12.3. The molecule has 0 bridgehead atoms. The molecule has 2 aromatic heterocycles. The predicted octanol–water partition coefficient (Wildman–Crippen LogP) is 3.41. The van der Waals surface area contributed by atoms with Crippen LogP contribution in [0.5, 0.6) is 0 Å². The molecule has 2 aliphatic carbocycles. The highest BCUT2D eigenvalue weighted by Crippen LogP contribution is 2.58. The van der Waals surface area contributed by atoms with Crippen molar-refractivity contribution < 1.29 is 13.7 Å². The molecule has 31 heavy (non-hydrogen) atoms. The van der Waals surface area contributed by atoms with Crippen molar-refractivity contribution in [3.63, 3.8) is 0 Å². The number of piperidine rings is 1. The lowest BCUT2D eigenvalue weighted by Gasteiger charge is -2.30. The number of oxazole rings is 1. The van der Waals surface area contributed by atoms with E-state index in [2.05, 4.69) is 33.3 Å². The van der Waals surface area contributed by atoms with Gasteiger partial charge in [-0.05, 0) is 56.9 Å². The van der Waals surface area contributed by atoms with Crippen molar-refractivity contribution in [1.82, 2.24) is 20.4 Å². The third-order valence-corrected chi connectivity index (χ3v) is 7.70. The number of amides is 1. The van der Waals surface area contributed by atoms with Crippen molar-refractivity contribution in [3.8, 4) is 0 Å². The number of nitrogens with one attached hydrogen (secondary N) is 1. The molecule has 0 aromatic carbocycles. The van der Waals surface area contributed by atoms with E-state index < -0.39 is 0 Å². The number of hydrogen-bond acceptors (Lipinski definition) is 6. The molecule has 5 rings (SSSR count). The Morgan fingerprint density at radius 2 is 2.13 bits per heavy atom. The number of carbonyl (C=O) groups excluding carboxylic acids is 1. The van der Waals surface area contributed by atoms with Gasteiger partial charge in [0.05, 0.1) is 18.3 Å². The van der Waals surface area contributed by atoms with E-state index in [4.69, 9.17) is 8.94 Å². The molecular weight excluding hydrogens is 392 g/mol. The van der Waals surface area contributed by atoms with Gasteiger partial charge in [-0.2, -0.15) is 0 Å². The van der Waals surface area contributed by atoms with Crippen molar-refractivity contribution in [2.75, 3.05) is 19.6 Å². The third kappa shape index (κ3) is 4.43. The lowest BCUT2D eigenvalue weighted by molar-refractivity contribution is -0.121. The molecule has 2 aromatic rings. The van der Waals surface area contributed by atoms with E-state index in [1.165, 1.54) is 44.5 Å². The molecule has 1 unspecified atom stereocenters. The van der Waals surface area contributed by atoms with Gasteiger partial charge < -0.3 is 19.2 Å². The molecule has 0 spiro atoms. The Bertz CT molecular complexity index is 914. The van der Waals surface area contributed by atoms with Crippen LogP contribution in [0.25, 0.3) is 0 Å². The topological polar surface area (TPSA) is 84.4 Å². The Morgan fingerprint density at radius 3 is 2.84 bits per heavy atom. The van der Waals surface area contributed by atoms with E-state index in [0.29, 0.717) is 17.7 Å². The first-order valence-corrected chi connectivity index (χ1v) is 11.9. The van der Waals surface area contributed by atoms with Crippen molar-refractivity contribution in [1.29, 1.82) is 0 Å². The summed E-state index contributed by atoms with van der Waals surface area (Å²) < 4.78 is 10.9. The Labute approximate surface area is 183 Å². The number of fused-ring (bicyclic) bond motifs is 1. The van der Waals surface area contributed by atoms with Gasteiger partial charge in [0, 0.05) is 44.0 Å². The van der Waals surface area contributed by atoms with Gasteiger partial charge in [-0.15, -0.1) is 0 Å². The highest BCUT2D eigenvalue weighted by Gasteiger charge is 2.62. The Kier molecular flexibility index (Phi) is 5.63. The lowest BCUT2D eigenvalue weighted by Crippen LogP contribution is -2.39. The van der Waals surface area contributed by atoms with Crippen LogP contribution in [0.1, 0.15) is 68.6 Å². The highest BCUT2D eigenvalue weighted by molar-refractivity contribution is 5.78. The maximum absolute atomic E-state index is 12.3. The maximum Gasteiger partial charge on any atom is 0.227 e. The lowest BCUT2D eigenvalue weighted by atomic mass is 9.84. The predicted molar refractivity (Wildman–Crippen MR) is 116 cm³/mol. The first kappa shape index (κ1) is 20.7. The smallest absolute Gasteiger partial charge is 0.227 e. The van der Waals surface area contributed by atoms with Crippen LogP contribution in [0.4, 0.5) is 0 Å². The quantitative estimate of drug-likeness (QED) is 0.696. The van der Waals surface area contributed by atoms with Crippen molar-refractivity contribution in [2.45, 2.75) is 76.7 Å². The van der Waals surface area contributed by atoms with Crippen LogP contribution in [0.15, 0.2) is 21.2 Å². The molecule has 3 aliphatic rings. The zero-order chi connectivity index (χ0) is 21.4. The molecule has 0 radical (unpaired) electrons. The Balaban J connectivity index is 1.02. The van der Waals surface area contributed by atoms with Crippen LogP contribution in [0.3, 0.4) is 0 Å². The molecule has 2 saturated carbocycles. The standard InChI is InChI=1S/C24H34N4O3/c1-3-20-10-22(27-31-20)24-12-18(24)14-28(15-24)9-8-17-4-6-19(7-5-17)26-23(29)11-21-13-25-16(2)30-21/h10,13,17-19H,3-9,11-12,14-15H2,1-2H3,(H,26,29)/t17-,18?,19-,24-/m0/s1. The summed E-state index contributed by atoms with van der Waals surface area (Å²) in [5, 5.41) is 7.56. The van der Waals surface area contributed by atoms with E-state index in [0.717, 1.165) is 43.4 Å². The number of hydrogen-bond donors (Lipinski definition) is 1. The van der Waals surface area contributed by atoms with Gasteiger partial charge >= 0.3 is 0 Å². The monoisotopic (exact) mass is 426 g/mol. The number of aromatic nitrogens is 2. The first-order chi connectivity index (χ1) is 15.0. The van der Waals surface area contributed by atoms with Gasteiger partial charge in [0.15, 0.2) is 5.89 Å². The Hall–Kier alpha value is -2.15. The van der Waals surface area contributed by atoms with Crippen LogP contribution in [0.2, 0.25) is 0 Å². The largest absolute Gasteiger partial charge is 0.446 e. The van der Waals surface area contributed by atoms with Gasteiger partial charge in [0.1, 0.15) is 11.5 Å². The van der Waals surface area contributed by atoms with Crippen LogP contribution < -0.4 is 5.32 Å². The minimum Gasteiger partial charge on any atom is -0.446 e. The molecule has 3 heterocycles. The third-order valence-electron chi connectivity index (χ3n) is 7.70. The summed E-state index contributed by atoms with van der Waals surface area (Å²) in [6, 6.07) is 2.48. The molecule has 3 fully saturated rings. The van der Waals surface area contributed by atoms with Crippen LogP contribution >= 0.6 is 0 Å². The summed E-state index contributed by atoms with van der Waals surface area (Å²) in [5.74, 6) is 3.84. The molecule has 1 saturated heterocycles. The van der Waals surface area contributed by atoms with E-state index in [1.807, 2.05) is 0 Å². The first-order valence-electron chi connectivity index (χ1n) is 11.9. The minimum atomic E-state index is 0.0419. The SMILES string of the molecule is CCc1cc([C@]23CC2CN(CC[C@H]2CC[C@H](NC(=O)Cc4cnc(C)o4)CC2)C3)no1. The Morgan fingerprint density at radius 1 is 1.29 bits per heavy atom. The second-order valence-corrected chi connectivity index (χ2v) is 9.92. The van der Waals surface area contributed by atoms with Gasteiger partial charge in [-0.25, -0.2) is 4.98 Å². The van der Waals surface area contributed by atoms with Crippen LogP contribution in [0, 0.1) is 18.8 Å². The average molecular weight is 427 g/mol. The highest BCUT2D eigenvalue weighted by atomic mass is 16.5. The summed E-state index contributed by atoms with van der Waals surface area (Å²) in [4.78, 5) is 19.0. The number of likely N-dealkylation sites (tertiary alicyclic amines) is 1. The fraction of sp³-hybridized carbons (Fsp3) is 0.708. The van der Waals surface area contributed by atoms with E-state index in [-0.39, 0.29) is 17.7 Å². The number of rotatable bonds is 8. The van der Waals surface area contributed by atoms with Crippen molar-refractivity contribution >= 4 is 5.91 Å². The zero-order valence-electron chi connectivity index (χ0n) is 18.7. The number of carbonyl (C=O) groups is 1. The molecule has 1 amide bonds. The van der Waals surface area contributed by atoms with Crippen molar-refractivity contribution in [2.24, 2.45) is 11.8 Å². The van der Waals surface area contributed by atoms with Crippen LogP contribution in [-0.2, 0) is 23.1 Å². The molecule has 1 aliphatic heterocycles. The summed E-state index contributed by atoms with van der Waals surface area (Å²) in [6.07, 6.45) is 9.95. The molecule has 2 atom stereocenters. The molecule has 7 nitrogen and oxygen atoms in total. The van der Waals surface area contributed by atoms with Gasteiger partial charge in [-0.3, -0.25) is 4.79 Å². The second kappa shape index (κ2) is 8.41. The van der Waals surface area contributed by atoms with Crippen molar-refractivity contribution in [3.05, 3.63) is 35.4 Å². The normalized spacial score (nSPS) is 30.3. The van der Waals surface area contributed by atoms with E-state index in [9.17, 15) is 4.79 Å². The molecular formula is C24H34N4O3. The fourth-order valence-electron chi connectivity index (χ4n) is 5.75. The van der Waals surface area contributed by atoms with Gasteiger partial charge in [-0.1, -0.05) is 12.1 Å². The summed E-state index contributed by atoms with van der Waals surface area (Å²) in [5.41, 5.74) is 1.47. The van der Waals surface area contributed by atoms with Crippen LogP contribution in [-0.4, -0.2) is 46.6 Å². The van der Waals surface area contributed by atoms with E-state index >= 15 is 0 Å².